The number of carbonyl (C=O) groups is 1. The number of hydrogen-bond donors (Lipinski definition) is 2. The lowest BCUT2D eigenvalue weighted by atomic mass is 10.4. The van der Waals surface area contributed by atoms with Gasteiger partial charge in [-0.2, -0.15) is 0 Å². The fourth-order valence-electron chi connectivity index (χ4n) is 1.21. The number of hydrogen-bond acceptors (Lipinski definition) is 4. The number of nitrogens with one attached hydrogen (secondary N) is 2. The van der Waals surface area contributed by atoms with Gasteiger partial charge in [0.05, 0.1) is 18.0 Å². The second-order valence-electron chi connectivity index (χ2n) is 3.62. The van der Waals surface area contributed by atoms with E-state index in [4.69, 9.17) is 16.3 Å². The van der Waals surface area contributed by atoms with Crippen molar-refractivity contribution in [1.82, 2.24) is 10.0 Å². The molecule has 0 saturated carbocycles. The molecule has 0 atom stereocenters. The number of methoxy groups -OCH3 is 1. The van der Waals surface area contributed by atoms with Gasteiger partial charge >= 0.3 is 0 Å². The van der Waals surface area contributed by atoms with Gasteiger partial charge in [0.1, 0.15) is 0 Å². The zero-order chi connectivity index (χ0) is 14.3. The van der Waals surface area contributed by atoms with Crippen molar-refractivity contribution in [3.8, 4) is 0 Å². The summed E-state index contributed by atoms with van der Waals surface area (Å²) in [4.78, 5) is 11.4. The van der Waals surface area contributed by atoms with E-state index in [0.29, 0.717) is 18.2 Å². The Balaban J connectivity index is 2.51. The molecule has 6 nitrogen and oxygen atoms in total. The number of benzene rings is 1. The normalized spacial score (nSPS) is 11.3. The van der Waals surface area contributed by atoms with Crippen molar-refractivity contribution in [2.75, 3.05) is 26.8 Å². The highest BCUT2D eigenvalue weighted by Crippen LogP contribution is 2.13. The molecular formula is C11H15ClN2O4S. The Morgan fingerprint density at radius 2 is 1.95 bits per heavy atom. The number of halogens is 1. The lowest BCUT2D eigenvalue weighted by Gasteiger charge is -2.07. The van der Waals surface area contributed by atoms with E-state index in [0.717, 1.165) is 0 Å². The maximum Gasteiger partial charge on any atom is 0.241 e. The maximum absolute atomic E-state index is 11.8. The van der Waals surface area contributed by atoms with Crippen molar-refractivity contribution in [2.24, 2.45) is 0 Å². The summed E-state index contributed by atoms with van der Waals surface area (Å²) in [7, 11) is -2.19. The van der Waals surface area contributed by atoms with Crippen LogP contribution in [0.2, 0.25) is 5.02 Å². The Bertz CT molecular complexity index is 516. The van der Waals surface area contributed by atoms with Crippen LogP contribution < -0.4 is 10.0 Å². The van der Waals surface area contributed by atoms with Crippen LogP contribution in [0.4, 0.5) is 0 Å². The summed E-state index contributed by atoms with van der Waals surface area (Å²) in [5.41, 5.74) is 0. The van der Waals surface area contributed by atoms with E-state index >= 15 is 0 Å². The molecule has 0 heterocycles. The summed E-state index contributed by atoms with van der Waals surface area (Å²) in [5.74, 6) is -0.422. The number of amides is 1. The SMILES string of the molecule is COCCNC(=O)CNS(=O)(=O)c1ccc(Cl)cc1. The first-order valence-corrected chi connectivity index (χ1v) is 7.32. The second kappa shape index (κ2) is 7.44. The lowest BCUT2D eigenvalue weighted by Crippen LogP contribution is -2.38. The average Bonchev–Trinajstić information content (AvgIpc) is 2.37. The van der Waals surface area contributed by atoms with Crippen molar-refractivity contribution < 1.29 is 17.9 Å². The van der Waals surface area contributed by atoms with Gasteiger partial charge in [-0.05, 0) is 24.3 Å². The van der Waals surface area contributed by atoms with Crippen LogP contribution in [-0.4, -0.2) is 41.1 Å². The smallest absolute Gasteiger partial charge is 0.241 e. The van der Waals surface area contributed by atoms with Gasteiger partial charge in [0.2, 0.25) is 15.9 Å². The molecule has 2 N–H and O–H groups in total. The number of carbonyl (C=O) groups excluding carboxylic acids is 1. The van der Waals surface area contributed by atoms with Crippen LogP contribution in [0.15, 0.2) is 29.2 Å². The molecule has 0 aliphatic rings. The molecular weight excluding hydrogens is 292 g/mol. The zero-order valence-electron chi connectivity index (χ0n) is 10.3. The Morgan fingerprint density at radius 3 is 2.53 bits per heavy atom. The van der Waals surface area contributed by atoms with Gasteiger partial charge in [-0.3, -0.25) is 4.79 Å². The predicted octanol–water partition coefficient (Wildman–Crippen LogP) is 0.381. The molecule has 0 unspecified atom stereocenters. The molecule has 19 heavy (non-hydrogen) atoms. The molecule has 0 aliphatic carbocycles. The highest BCUT2D eigenvalue weighted by Gasteiger charge is 2.14. The van der Waals surface area contributed by atoms with E-state index in [1.807, 2.05) is 0 Å². The van der Waals surface area contributed by atoms with Gasteiger partial charge < -0.3 is 10.1 Å². The van der Waals surface area contributed by atoms with Crippen LogP contribution in [0.25, 0.3) is 0 Å². The number of ether oxygens (including phenoxy) is 1. The molecule has 106 valence electrons. The standard InChI is InChI=1S/C11H15ClN2O4S/c1-18-7-6-13-11(15)8-14-19(16,17)10-4-2-9(12)3-5-10/h2-5,14H,6-8H2,1H3,(H,13,15). The monoisotopic (exact) mass is 306 g/mol. The quantitative estimate of drug-likeness (QED) is 0.713. The minimum atomic E-state index is -3.70. The lowest BCUT2D eigenvalue weighted by molar-refractivity contribution is -0.120. The first-order valence-electron chi connectivity index (χ1n) is 5.46. The third kappa shape index (κ3) is 5.56. The number of rotatable bonds is 7. The van der Waals surface area contributed by atoms with Crippen LogP contribution in [0, 0.1) is 0 Å². The summed E-state index contributed by atoms with van der Waals surface area (Å²) in [6.07, 6.45) is 0. The van der Waals surface area contributed by atoms with Crippen LogP contribution in [-0.2, 0) is 19.6 Å². The van der Waals surface area contributed by atoms with Crippen LogP contribution in [0.5, 0.6) is 0 Å². The number of sulfonamides is 1. The van der Waals surface area contributed by atoms with Crippen molar-refractivity contribution >= 4 is 27.5 Å². The Labute approximate surface area is 117 Å². The fraction of sp³-hybridized carbons (Fsp3) is 0.364. The first-order chi connectivity index (χ1) is 8.95. The zero-order valence-corrected chi connectivity index (χ0v) is 11.9. The van der Waals surface area contributed by atoms with Gasteiger partial charge in [-0.15, -0.1) is 0 Å². The van der Waals surface area contributed by atoms with Gasteiger partial charge in [0.15, 0.2) is 0 Å². The van der Waals surface area contributed by atoms with E-state index in [-0.39, 0.29) is 11.4 Å². The highest BCUT2D eigenvalue weighted by molar-refractivity contribution is 7.89. The van der Waals surface area contributed by atoms with E-state index < -0.39 is 15.9 Å². The van der Waals surface area contributed by atoms with Crippen molar-refractivity contribution in [3.63, 3.8) is 0 Å². The third-order valence-electron chi connectivity index (χ3n) is 2.18. The van der Waals surface area contributed by atoms with Gasteiger partial charge in [0, 0.05) is 18.7 Å². The average molecular weight is 307 g/mol. The van der Waals surface area contributed by atoms with E-state index in [2.05, 4.69) is 10.0 Å². The minimum Gasteiger partial charge on any atom is -0.383 e. The second-order valence-corrected chi connectivity index (χ2v) is 5.82. The molecule has 1 aromatic rings. The van der Waals surface area contributed by atoms with Crippen molar-refractivity contribution in [1.29, 1.82) is 0 Å². The van der Waals surface area contributed by atoms with Crippen molar-refractivity contribution in [3.05, 3.63) is 29.3 Å². The van der Waals surface area contributed by atoms with Crippen molar-refractivity contribution in [2.45, 2.75) is 4.90 Å². The largest absolute Gasteiger partial charge is 0.383 e. The summed E-state index contributed by atoms with van der Waals surface area (Å²) >= 11 is 5.67. The van der Waals surface area contributed by atoms with E-state index in [9.17, 15) is 13.2 Å². The molecule has 0 fully saturated rings. The van der Waals surface area contributed by atoms with E-state index in [1.54, 1.807) is 0 Å². The summed E-state index contributed by atoms with van der Waals surface area (Å²) in [6.45, 7) is 0.377. The third-order valence-corrected chi connectivity index (χ3v) is 3.84. The van der Waals surface area contributed by atoms with Crippen LogP contribution in [0.3, 0.4) is 0 Å². The molecule has 0 bridgehead atoms. The predicted molar refractivity (Wildman–Crippen MR) is 71.5 cm³/mol. The molecule has 1 amide bonds. The molecule has 0 spiro atoms. The van der Waals surface area contributed by atoms with Crippen LogP contribution in [0.1, 0.15) is 0 Å². The molecule has 8 heteroatoms. The molecule has 0 aromatic heterocycles. The summed E-state index contributed by atoms with van der Waals surface area (Å²) in [5, 5.41) is 2.95. The summed E-state index contributed by atoms with van der Waals surface area (Å²) < 4.78 is 30.6. The van der Waals surface area contributed by atoms with Crippen LogP contribution >= 0.6 is 11.6 Å². The molecule has 1 aromatic carbocycles. The Kier molecular flexibility index (Phi) is 6.23. The maximum atomic E-state index is 11.8. The van der Waals surface area contributed by atoms with Gasteiger partial charge in [-0.1, -0.05) is 11.6 Å². The van der Waals surface area contributed by atoms with Gasteiger partial charge in [0.25, 0.3) is 0 Å². The summed E-state index contributed by atoms with van der Waals surface area (Å²) in [6, 6.07) is 5.67. The topological polar surface area (TPSA) is 84.5 Å². The van der Waals surface area contributed by atoms with Gasteiger partial charge in [-0.25, -0.2) is 13.1 Å². The molecule has 1 rings (SSSR count). The molecule has 0 saturated heterocycles. The Morgan fingerprint density at radius 1 is 1.32 bits per heavy atom. The fourth-order valence-corrected chi connectivity index (χ4v) is 2.32. The highest BCUT2D eigenvalue weighted by atomic mass is 35.5. The molecule has 0 aliphatic heterocycles. The minimum absolute atomic E-state index is 0.0570. The first kappa shape index (κ1) is 15.9. The van der Waals surface area contributed by atoms with E-state index in [1.165, 1.54) is 31.4 Å². The molecule has 0 radical (unpaired) electrons. The Hall–Kier alpha value is -1.15.